The van der Waals surface area contributed by atoms with E-state index in [9.17, 15) is 43.9 Å². The lowest BCUT2D eigenvalue weighted by atomic mass is 9.85. The average molecular weight is 310 g/mol. The quantitative estimate of drug-likeness (QED) is 0.692. The maximum Gasteiger partial charge on any atom is 0.434 e. The summed E-state index contributed by atoms with van der Waals surface area (Å²) in [7, 11) is 0. The second-order valence-electron chi connectivity index (χ2n) is 3.78. The summed E-state index contributed by atoms with van der Waals surface area (Å²) in [5, 5.41) is 0. The minimum absolute atomic E-state index is 0.644. The molecule has 0 N–H and O–H groups in total. The van der Waals surface area contributed by atoms with E-state index in [2.05, 4.69) is 4.74 Å². The molecule has 0 aromatic carbocycles. The second kappa shape index (κ2) is 4.67. The smallest absolute Gasteiger partial charge is 0.306 e. The summed E-state index contributed by atoms with van der Waals surface area (Å²) in [6, 6.07) is 0. The molecule has 2 unspecified atom stereocenters. The highest BCUT2D eigenvalue weighted by atomic mass is 19.4. The van der Waals surface area contributed by atoms with Crippen LogP contribution in [0.1, 0.15) is 13.8 Å². The van der Waals surface area contributed by atoms with Crippen molar-refractivity contribution in [3.63, 3.8) is 0 Å². The summed E-state index contributed by atoms with van der Waals surface area (Å²) in [4.78, 5) is 0. The normalized spacial score (nSPS) is 20.8. The van der Waals surface area contributed by atoms with E-state index >= 15 is 0 Å². The standard InChI is InChI=1S/C8H8F10O/c1-4(10,11)6(14,8(16,17)18)7(15,19-3-9)5(2,12)13/h3H2,1-2H3. The highest BCUT2D eigenvalue weighted by Gasteiger charge is 2.86. The molecule has 0 heterocycles. The van der Waals surface area contributed by atoms with Gasteiger partial charge in [-0.1, -0.05) is 0 Å². The maximum atomic E-state index is 13.6. The number of alkyl halides is 10. The predicted octanol–water partition coefficient (Wildman–Crippen LogP) is 4.18. The summed E-state index contributed by atoms with van der Waals surface area (Å²) >= 11 is 0. The average Bonchev–Trinajstić information content (AvgIpc) is 2.11. The second-order valence-corrected chi connectivity index (χ2v) is 3.78. The fourth-order valence-electron chi connectivity index (χ4n) is 1.32. The Labute approximate surface area is 100 Å². The lowest BCUT2D eigenvalue weighted by Gasteiger charge is -2.44. The topological polar surface area (TPSA) is 9.23 Å². The monoisotopic (exact) mass is 310 g/mol. The Hall–Kier alpha value is -0.740. The van der Waals surface area contributed by atoms with E-state index < -0.39 is 50.3 Å². The SMILES string of the molecule is CC(F)(F)C(F)(OCF)C(F)(C(C)(F)F)C(F)(F)F. The van der Waals surface area contributed by atoms with Crippen LogP contribution in [0.25, 0.3) is 0 Å². The Kier molecular flexibility index (Phi) is 4.49. The van der Waals surface area contributed by atoms with Gasteiger partial charge in [-0.3, -0.25) is 0 Å². The first-order valence-corrected chi connectivity index (χ1v) is 4.46. The van der Waals surface area contributed by atoms with Gasteiger partial charge in [0.25, 0.3) is 5.92 Å². The third-order valence-corrected chi connectivity index (χ3v) is 2.26. The molecule has 0 saturated heterocycles. The highest BCUT2D eigenvalue weighted by molar-refractivity contribution is 5.12. The molecule has 0 rings (SSSR count). The van der Waals surface area contributed by atoms with Gasteiger partial charge in [0.2, 0.25) is 0 Å². The molecule has 116 valence electrons. The van der Waals surface area contributed by atoms with Crippen LogP contribution in [0.15, 0.2) is 0 Å². The third-order valence-electron chi connectivity index (χ3n) is 2.26. The maximum absolute atomic E-state index is 13.6. The van der Waals surface area contributed by atoms with Crippen LogP contribution >= 0.6 is 0 Å². The van der Waals surface area contributed by atoms with E-state index in [0.717, 1.165) is 0 Å². The van der Waals surface area contributed by atoms with E-state index in [4.69, 9.17) is 0 Å². The van der Waals surface area contributed by atoms with Crippen LogP contribution in [0.2, 0.25) is 0 Å². The Morgan fingerprint density at radius 2 is 1.11 bits per heavy atom. The van der Waals surface area contributed by atoms with Crippen LogP contribution in [0.3, 0.4) is 0 Å². The molecule has 0 bridgehead atoms. The van der Waals surface area contributed by atoms with Crippen molar-refractivity contribution in [1.82, 2.24) is 0 Å². The van der Waals surface area contributed by atoms with E-state index in [0.29, 0.717) is 0 Å². The first-order valence-electron chi connectivity index (χ1n) is 4.46. The molecule has 19 heavy (non-hydrogen) atoms. The van der Waals surface area contributed by atoms with Crippen LogP contribution in [-0.4, -0.2) is 36.4 Å². The van der Waals surface area contributed by atoms with E-state index in [-0.39, 0.29) is 0 Å². The van der Waals surface area contributed by atoms with Crippen molar-refractivity contribution in [2.24, 2.45) is 0 Å². The largest absolute Gasteiger partial charge is 0.434 e. The van der Waals surface area contributed by atoms with Crippen molar-refractivity contribution >= 4 is 0 Å². The number of hydrogen-bond donors (Lipinski definition) is 0. The summed E-state index contributed by atoms with van der Waals surface area (Å²) < 4.78 is 130. The van der Waals surface area contributed by atoms with Crippen molar-refractivity contribution in [2.75, 3.05) is 6.86 Å². The molecule has 0 saturated carbocycles. The van der Waals surface area contributed by atoms with Crippen molar-refractivity contribution < 1.29 is 48.6 Å². The number of ether oxygens (including phenoxy) is 1. The van der Waals surface area contributed by atoms with Crippen LogP contribution in [0.4, 0.5) is 43.9 Å². The molecular weight excluding hydrogens is 302 g/mol. The number of hydrogen-bond acceptors (Lipinski definition) is 1. The Morgan fingerprint density at radius 1 is 0.737 bits per heavy atom. The number of rotatable bonds is 5. The van der Waals surface area contributed by atoms with Gasteiger partial charge in [0, 0.05) is 13.8 Å². The molecule has 0 aliphatic rings. The van der Waals surface area contributed by atoms with Crippen molar-refractivity contribution in [1.29, 1.82) is 0 Å². The van der Waals surface area contributed by atoms with Crippen LogP contribution in [0.5, 0.6) is 0 Å². The summed E-state index contributed by atoms with van der Waals surface area (Å²) in [5.74, 6) is -17.0. The van der Waals surface area contributed by atoms with E-state index in [1.54, 1.807) is 0 Å². The van der Waals surface area contributed by atoms with E-state index in [1.165, 1.54) is 0 Å². The van der Waals surface area contributed by atoms with Gasteiger partial charge in [-0.25, -0.2) is 30.7 Å². The number of halogens is 10. The summed E-state index contributed by atoms with van der Waals surface area (Å²) in [6.45, 7) is -4.09. The molecule has 2 atom stereocenters. The summed E-state index contributed by atoms with van der Waals surface area (Å²) in [6.07, 6.45) is -6.78. The molecule has 1 nitrogen and oxygen atoms in total. The summed E-state index contributed by atoms with van der Waals surface area (Å²) in [5.41, 5.74) is -6.45. The van der Waals surface area contributed by atoms with Gasteiger partial charge in [-0.2, -0.15) is 13.2 Å². The lowest BCUT2D eigenvalue weighted by Crippen LogP contribution is -2.72. The van der Waals surface area contributed by atoms with Gasteiger partial charge >= 0.3 is 23.6 Å². The minimum Gasteiger partial charge on any atom is -0.306 e. The molecule has 0 amide bonds. The van der Waals surface area contributed by atoms with Gasteiger partial charge in [-0.15, -0.1) is 0 Å². The Balaban J connectivity index is 6.27. The van der Waals surface area contributed by atoms with Gasteiger partial charge < -0.3 is 4.74 Å². The fraction of sp³-hybridized carbons (Fsp3) is 1.00. The molecule has 0 aromatic rings. The predicted molar refractivity (Wildman–Crippen MR) is 42.0 cm³/mol. The molecule has 0 aliphatic heterocycles. The molecule has 0 aromatic heterocycles. The molecule has 11 heteroatoms. The zero-order valence-electron chi connectivity index (χ0n) is 9.39. The first kappa shape index (κ1) is 18.3. The lowest BCUT2D eigenvalue weighted by molar-refractivity contribution is -0.430. The highest BCUT2D eigenvalue weighted by Crippen LogP contribution is 2.58. The zero-order valence-corrected chi connectivity index (χ0v) is 9.39. The first-order chi connectivity index (χ1) is 8.06. The van der Waals surface area contributed by atoms with Gasteiger partial charge in [0.15, 0.2) is 6.86 Å². The van der Waals surface area contributed by atoms with Gasteiger partial charge in [0.1, 0.15) is 0 Å². The van der Waals surface area contributed by atoms with Crippen molar-refractivity contribution in [2.45, 2.75) is 43.4 Å². The molecule has 0 fully saturated rings. The molecule has 0 aliphatic carbocycles. The molecule has 0 spiro atoms. The van der Waals surface area contributed by atoms with Crippen LogP contribution in [0, 0.1) is 0 Å². The minimum atomic E-state index is -6.78. The Morgan fingerprint density at radius 3 is 1.26 bits per heavy atom. The van der Waals surface area contributed by atoms with Gasteiger partial charge in [-0.05, 0) is 0 Å². The molecular formula is C8H8F10O. The fourth-order valence-corrected chi connectivity index (χ4v) is 1.32. The van der Waals surface area contributed by atoms with Gasteiger partial charge in [0.05, 0.1) is 0 Å². The van der Waals surface area contributed by atoms with E-state index in [1.807, 2.05) is 0 Å². The zero-order chi connectivity index (χ0) is 15.9. The van der Waals surface area contributed by atoms with Crippen molar-refractivity contribution in [3.05, 3.63) is 0 Å². The van der Waals surface area contributed by atoms with Crippen LogP contribution in [-0.2, 0) is 4.74 Å². The Bertz CT molecular complexity index is 299. The van der Waals surface area contributed by atoms with Crippen LogP contribution < -0.4 is 0 Å². The third kappa shape index (κ3) is 2.61. The van der Waals surface area contributed by atoms with Crippen molar-refractivity contribution in [3.8, 4) is 0 Å². The molecule has 0 radical (unpaired) electrons.